The quantitative estimate of drug-likeness (QED) is 0.0466. The van der Waals surface area contributed by atoms with E-state index in [4.69, 9.17) is 40.5 Å². The Kier molecular flexibility index (Phi) is 16.6. The Labute approximate surface area is 354 Å². The standard InChI is InChI=1S/2C10H14N5O10P2.2Na/c2*11-10-13-8-7(9(17)14-10)12-3-15(8)6-1-4(16)5(24-6)2-23-27(21,22)25-26(18,19)20;;/h2*3-6H,1-2H2,(H,21,22)(H2,18,19,20)(H3,11,13,14,17);;/q2*-1;2*+1/t2*4-,5+,6+;;/m00../s1. The van der Waals surface area contributed by atoms with Crippen molar-refractivity contribution in [3.8, 4) is 0 Å². The Morgan fingerprint density at radius 2 is 1.05 bits per heavy atom. The largest absolute Gasteiger partial charge is 1.00 e. The molecule has 2 fully saturated rings. The van der Waals surface area contributed by atoms with E-state index in [-0.39, 0.29) is 106 Å². The van der Waals surface area contributed by atoms with Gasteiger partial charge in [0, 0.05) is 0 Å². The van der Waals surface area contributed by atoms with Gasteiger partial charge in [-0.1, -0.05) is 12.2 Å². The number of nitrogens with two attached hydrogens (primary N) is 2. The summed E-state index contributed by atoms with van der Waals surface area (Å²) in [5, 5.41) is 24.2. The second-order valence-corrected chi connectivity index (χ2v) is 16.7. The molecule has 6 rings (SSSR count). The van der Waals surface area contributed by atoms with Crippen molar-refractivity contribution in [1.82, 2.24) is 39.0 Å². The fraction of sp³-hybridized carbons (Fsp3) is 0.500. The maximum Gasteiger partial charge on any atom is 1.00 e. The average Bonchev–Trinajstić information content (AvgIpc) is 3.78. The normalized spacial score (nSPS) is 24.8. The summed E-state index contributed by atoms with van der Waals surface area (Å²) in [5.74, 6) is -0.330. The third-order valence-electron chi connectivity index (χ3n) is 7.11. The number of imidazole rings is 2. The van der Waals surface area contributed by atoms with E-state index in [1.54, 1.807) is 0 Å². The number of nitrogens with one attached hydrogen (secondary N) is 2. The average molecular weight is 898 g/mol. The van der Waals surface area contributed by atoms with Gasteiger partial charge in [0.1, 0.15) is 12.5 Å². The fourth-order valence-corrected chi connectivity index (χ4v) is 8.20. The molecule has 2 aliphatic rings. The molecule has 0 amide bonds. The van der Waals surface area contributed by atoms with Gasteiger partial charge in [0.15, 0.2) is 22.3 Å². The van der Waals surface area contributed by atoms with Crippen LogP contribution in [0.1, 0.15) is 25.3 Å². The number of phosphoric ester groups is 2. The Hall–Kier alpha value is -1.34. The van der Waals surface area contributed by atoms with Gasteiger partial charge in [0.05, 0.1) is 38.1 Å². The number of nitrogen functional groups attached to an aromatic ring is 2. The molecule has 12 N–H and O–H groups in total. The van der Waals surface area contributed by atoms with E-state index in [2.05, 4.69) is 47.6 Å². The van der Waals surface area contributed by atoms with E-state index in [0.717, 1.165) is 0 Å². The first kappa shape index (κ1) is 49.0. The number of nitrogens with zero attached hydrogens (tertiary/aromatic N) is 6. The van der Waals surface area contributed by atoms with Gasteiger partial charge in [-0.2, -0.15) is 18.6 Å². The molecule has 0 bridgehead atoms. The topological polar surface area (TPSA) is 470 Å². The molecule has 0 aromatic carbocycles. The minimum atomic E-state index is -5.27. The predicted octanol–water partition coefficient (Wildman–Crippen LogP) is -10.1. The number of anilines is 2. The molecule has 30 nitrogen and oxygen atoms in total. The van der Waals surface area contributed by atoms with Crippen LogP contribution in [-0.2, 0) is 45.4 Å². The van der Waals surface area contributed by atoms with E-state index in [9.17, 15) is 47.8 Å². The number of hydrogen-bond acceptors (Lipinski definition) is 20. The van der Waals surface area contributed by atoms with Gasteiger partial charge in [-0.05, 0) is 12.8 Å². The van der Waals surface area contributed by atoms with Gasteiger partial charge in [-0.15, -0.1) is 0 Å². The third kappa shape index (κ3) is 12.8. The van der Waals surface area contributed by atoms with E-state index in [0.29, 0.717) is 0 Å². The summed E-state index contributed by atoms with van der Waals surface area (Å²) in [7, 11) is -20.7. The first-order valence-electron chi connectivity index (χ1n) is 14.5. The number of H-pyrrole nitrogens is 2. The van der Waals surface area contributed by atoms with Crippen LogP contribution in [0.2, 0.25) is 0 Å². The first-order chi connectivity index (χ1) is 24.9. The SMILES string of the molecule is Nc1nc2c(ncn2[C@H]2C[C@H]([O-])[C@@H](COP(=O)(O)OP(=O)(O)O)O2)c(=O)[nH]1.Nc1nc2c(ncn2[C@H]2C[C@H]([O-])[C@@H](COP(=O)(O)OP(=O)(O)O)O2)c(=O)[nH]1.[Na+].[Na+]. The molecular weight excluding hydrogens is 870 g/mol. The van der Waals surface area contributed by atoms with Crippen molar-refractivity contribution in [2.24, 2.45) is 0 Å². The maximum absolute atomic E-state index is 12.1. The molecule has 6 heterocycles. The van der Waals surface area contributed by atoms with Gasteiger partial charge in [-0.3, -0.25) is 37.7 Å². The molecule has 0 aliphatic carbocycles. The molecule has 36 heteroatoms. The summed E-state index contributed by atoms with van der Waals surface area (Å²) < 4.78 is 73.6. The van der Waals surface area contributed by atoms with Crippen LogP contribution in [0.5, 0.6) is 0 Å². The minimum Gasteiger partial charge on any atom is -0.850 e. The van der Waals surface area contributed by atoms with E-state index < -0.39 is 92.5 Å². The summed E-state index contributed by atoms with van der Waals surface area (Å²) in [6, 6.07) is 0. The Balaban J connectivity index is 0.000000290. The molecule has 0 saturated carbocycles. The van der Waals surface area contributed by atoms with Crippen molar-refractivity contribution in [3.63, 3.8) is 0 Å². The van der Waals surface area contributed by atoms with Crippen molar-refractivity contribution in [3.05, 3.63) is 33.4 Å². The fourth-order valence-electron chi connectivity index (χ4n) is 5.00. The molecule has 56 heavy (non-hydrogen) atoms. The number of aromatic nitrogens is 8. The third-order valence-corrected chi connectivity index (χ3v) is 11.4. The second-order valence-electron chi connectivity index (χ2n) is 11.0. The van der Waals surface area contributed by atoms with Gasteiger partial charge in [0.25, 0.3) is 11.1 Å². The van der Waals surface area contributed by atoms with Crippen LogP contribution in [0.4, 0.5) is 11.9 Å². The van der Waals surface area contributed by atoms with E-state index in [1.165, 1.54) is 21.8 Å². The van der Waals surface area contributed by atoms with Crippen molar-refractivity contribution < 1.29 is 144 Å². The number of phosphoric acid groups is 4. The number of aromatic amines is 2. The van der Waals surface area contributed by atoms with E-state index in [1.807, 2.05) is 0 Å². The Morgan fingerprint density at radius 1 is 0.714 bits per heavy atom. The molecule has 2 aliphatic heterocycles. The smallest absolute Gasteiger partial charge is 0.850 e. The maximum atomic E-state index is 12.1. The predicted molar refractivity (Wildman–Crippen MR) is 168 cm³/mol. The van der Waals surface area contributed by atoms with Crippen LogP contribution < -0.4 is 91.9 Å². The molecule has 2 unspecified atom stereocenters. The zero-order valence-electron chi connectivity index (χ0n) is 28.5. The number of hydrogen-bond donors (Lipinski definition) is 10. The van der Waals surface area contributed by atoms with Crippen LogP contribution in [0, 0.1) is 0 Å². The van der Waals surface area contributed by atoms with Crippen LogP contribution >= 0.6 is 31.3 Å². The van der Waals surface area contributed by atoms with Gasteiger partial charge in [-0.25, -0.2) is 28.2 Å². The van der Waals surface area contributed by atoms with Crippen LogP contribution in [0.3, 0.4) is 0 Å². The minimum absolute atomic E-state index is 0. The summed E-state index contributed by atoms with van der Waals surface area (Å²) in [5.41, 5.74) is 9.92. The summed E-state index contributed by atoms with van der Waals surface area (Å²) in [6.45, 7) is -1.53. The van der Waals surface area contributed by atoms with Crippen molar-refractivity contribution in [1.29, 1.82) is 0 Å². The Morgan fingerprint density at radius 3 is 1.38 bits per heavy atom. The molecule has 0 spiro atoms. The molecule has 4 aromatic heterocycles. The van der Waals surface area contributed by atoms with Gasteiger partial charge < -0.3 is 60.5 Å². The van der Waals surface area contributed by atoms with Crippen molar-refractivity contribution in [2.45, 2.75) is 49.7 Å². The molecule has 2 saturated heterocycles. The van der Waals surface area contributed by atoms with Crippen LogP contribution in [0.15, 0.2) is 22.2 Å². The second kappa shape index (κ2) is 18.9. The molecule has 300 valence electrons. The summed E-state index contributed by atoms with van der Waals surface area (Å²) in [6.07, 6.45) is -4.95. The zero-order valence-corrected chi connectivity index (χ0v) is 36.1. The number of rotatable bonds is 12. The molecule has 0 radical (unpaired) electrons. The molecule has 8 atom stereocenters. The number of fused-ring (bicyclic) bond motifs is 2. The van der Waals surface area contributed by atoms with Gasteiger partial charge in [0.2, 0.25) is 11.9 Å². The molecular formula is C20H28N10Na2O20P4. The first-order valence-corrected chi connectivity index (χ1v) is 20.5. The monoisotopic (exact) mass is 898 g/mol. The number of ether oxygens (including phenoxy) is 2. The summed E-state index contributed by atoms with van der Waals surface area (Å²) in [4.78, 5) is 96.3. The molecule has 4 aromatic rings. The van der Waals surface area contributed by atoms with Gasteiger partial charge >= 0.3 is 90.4 Å². The van der Waals surface area contributed by atoms with Crippen LogP contribution in [0.25, 0.3) is 22.3 Å². The van der Waals surface area contributed by atoms with E-state index >= 15 is 0 Å². The zero-order chi connectivity index (χ0) is 40.0. The summed E-state index contributed by atoms with van der Waals surface area (Å²) >= 11 is 0. The Bertz CT molecular complexity index is 2170. The van der Waals surface area contributed by atoms with Crippen molar-refractivity contribution >= 4 is 65.5 Å². The van der Waals surface area contributed by atoms with Crippen molar-refractivity contribution in [2.75, 3.05) is 24.7 Å². The van der Waals surface area contributed by atoms with Crippen LogP contribution in [-0.4, -0.2) is 106 Å².